The van der Waals surface area contributed by atoms with Gasteiger partial charge in [0.15, 0.2) is 11.5 Å². The highest BCUT2D eigenvalue weighted by Gasteiger charge is 2.31. The maximum atomic E-state index is 12.6. The molecule has 0 spiro atoms. The van der Waals surface area contributed by atoms with Crippen molar-refractivity contribution in [2.24, 2.45) is 0 Å². The number of benzene rings is 1. The van der Waals surface area contributed by atoms with E-state index < -0.39 is 0 Å². The highest BCUT2D eigenvalue weighted by Crippen LogP contribution is 2.38. The van der Waals surface area contributed by atoms with Crippen LogP contribution in [-0.4, -0.2) is 49.9 Å². The van der Waals surface area contributed by atoms with Gasteiger partial charge in [0.25, 0.3) is 0 Å². The SMILES string of the molecule is O=C(NC[C@H]1CCCO1)N1CCC[C@@H]1c1ccc2c(c1)OCCO2. The van der Waals surface area contributed by atoms with Gasteiger partial charge in [0, 0.05) is 19.7 Å². The molecule has 24 heavy (non-hydrogen) atoms. The van der Waals surface area contributed by atoms with Gasteiger partial charge in [-0.05, 0) is 43.4 Å². The van der Waals surface area contributed by atoms with Crippen LogP contribution in [0.15, 0.2) is 18.2 Å². The Kier molecular flexibility index (Phi) is 4.47. The third-order valence-electron chi connectivity index (χ3n) is 4.97. The molecule has 0 saturated carbocycles. The first kappa shape index (κ1) is 15.6. The standard InChI is InChI=1S/C18H24N2O4/c21-18(19-12-14-3-2-8-22-14)20-7-1-4-15(20)13-5-6-16-17(11-13)24-10-9-23-16/h5-6,11,14-15H,1-4,7-10,12H2,(H,19,21)/t14-,15-/m1/s1. The van der Waals surface area contributed by atoms with E-state index in [1.807, 2.05) is 23.1 Å². The Balaban J connectivity index is 1.43. The molecule has 2 amide bonds. The average molecular weight is 332 g/mol. The van der Waals surface area contributed by atoms with Crippen LogP contribution in [0.4, 0.5) is 4.79 Å². The number of carbonyl (C=O) groups excluding carboxylic acids is 1. The van der Waals surface area contributed by atoms with Crippen molar-refractivity contribution in [1.82, 2.24) is 10.2 Å². The lowest BCUT2D eigenvalue weighted by atomic mass is 10.0. The molecule has 6 heteroatoms. The summed E-state index contributed by atoms with van der Waals surface area (Å²) < 4.78 is 16.8. The molecule has 1 aromatic rings. The first-order valence-electron chi connectivity index (χ1n) is 8.87. The minimum Gasteiger partial charge on any atom is -0.486 e. The Morgan fingerprint density at radius 3 is 2.83 bits per heavy atom. The minimum absolute atomic E-state index is 0.00268. The molecule has 0 unspecified atom stereocenters. The maximum Gasteiger partial charge on any atom is 0.318 e. The van der Waals surface area contributed by atoms with Crippen molar-refractivity contribution in [1.29, 1.82) is 0 Å². The Labute approximate surface area is 142 Å². The number of likely N-dealkylation sites (tertiary alicyclic amines) is 1. The van der Waals surface area contributed by atoms with Gasteiger partial charge < -0.3 is 24.4 Å². The van der Waals surface area contributed by atoms with Crippen LogP contribution < -0.4 is 14.8 Å². The number of ether oxygens (including phenoxy) is 3. The molecule has 4 rings (SSSR count). The normalized spacial score (nSPS) is 25.8. The van der Waals surface area contributed by atoms with Crippen molar-refractivity contribution in [3.05, 3.63) is 23.8 Å². The second-order valence-electron chi connectivity index (χ2n) is 6.58. The fourth-order valence-corrected chi connectivity index (χ4v) is 3.73. The fraction of sp³-hybridized carbons (Fsp3) is 0.611. The molecule has 2 atom stereocenters. The molecule has 3 aliphatic heterocycles. The van der Waals surface area contributed by atoms with Gasteiger partial charge in [0.05, 0.1) is 12.1 Å². The molecular formula is C18H24N2O4. The summed E-state index contributed by atoms with van der Waals surface area (Å²) in [5.41, 5.74) is 1.11. The van der Waals surface area contributed by atoms with Crippen LogP contribution >= 0.6 is 0 Å². The van der Waals surface area contributed by atoms with E-state index in [0.717, 1.165) is 55.9 Å². The predicted molar refractivity (Wildman–Crippen MR) is 88.5 cm³/mol. The van der Waals surface area contributed by atoms with Gasteiger partial charge in [-0.3, -0.25) is 0 Å². The lowest BCUT2D eigenvalue weighted by Gasteiger charge is -2.27. The number of rotatable bonds is 3. The molecule has 3 heterocycles. The van der Waals surface area contributed by atoms with Crippen LogP contribution in [0.2, 0.25) is 0 Å². The van der Waals surface area contributed by atoms with E-state index in [-0.39, 0.29) is 18.2 Å². The molecule has 3 aliphatic rings. The summed E-state index contributed by atoms with van der Waals surface area (Å²) in [5, 5.41) is 3.03. The number of nitrogens with zero attached hydrogens (tertiary/aromatic N) is 1. The zero-order valence-corrected chi connectivity index (χ0v) is 13.8. The van der Waals surface area contributed by atoms with Crippen LogP contribution in [0.5, 0.6) is 11.5 Å². The summed E-state index contributed by atoms with van der Waals surface area (Å²) in [7, 11) is 0. The van der Waals surface area contributed by atoms with E-state index in [1.54, 1.807) is 0 Å². The maximum absolute atomic E-state index is 12.6. The lowest BCUT2D eigenvalue weighted by Crippen LogP contribution is -2.42. The Hall–Kier alpha value is -1.95. The molecule has 1 N–H and O–H groups in total. The van der Waals surface area contributed by atoms with E-state index >= 15 is 0 Å². The topological polar surface area (TPSA) is 60.0 Å². The Bertz CT molecular complexity index is 601. The Morgan fingerprint density at radius 1 is 1.12 bits per heavy atom. The molecule has 1 aromatic carbocycles. The molecule has 130 valence electrons. The number of hydrogen-bond donors (Lipinski definition) is 1. The van der Waals surface area contributed by atoms with Crippen molar-refractivity contribution in [2.75, 3.05) is 32.9 Å². The molecule has 0 bridgehead atoms. The van der Waals surface area contributed by atoms with E-state index in [1.165, 1.54) is 0 Å². The van der Waals surface area contributed by atoms with E-state index in [2.05, 4.69) is 5.32 Å². The second kappa shape index (κ2) is 6.89. The van der Waals surface area contributed by atoms with Crippen LogP contribution in [0.3, 0.4) is 0 Å². The molecule has 6 nitrogen and oxygen atoms in total. The van der Waals surface area contributed by atoms with Gasteiger partial charge >= 0.3 is 6.03 Å². The van der Waals surface area contributed by atoms with Crippen LogP contribution in [0.25, 0.3) is 0 Å². The monoisotopic (exact) mass is 332 g/mol. The van der Waals surface area contributed by atoms with Crippen molar-refractivity contribution in [3.8, 4) is 11.5 Å². The summed E-state index contributed by atoms with van der Waals surface area (Å²) in [6, 6.07) is 6.12. The first-order valence-corrected chi connectivity index (χ1v) is 8.87. The number of hydrogen-bond acceptors (Lipinski definition) is 4. The average Bonchev–Trinajstić information content (AvgIpc) is 3.31. The quantitative estimate of drug-likeness (QED) is 0.924. The van der Waals surface area contributed by atoms with Crippen LogP contribution in [0, 0.1) is 0 Å². The summed E-state index contributed by atoms with van der Waals surface area (Å²) in [5.74, 6) is 1.57. The fourth-order valence-electron chi connectivity index (χ4n) is 3.73. The number of urea groups is 1. The number of fused-ring (bicyclic) bond motifs is 1. The third kappa shape index (κ3) is 3.15. The number of amides is 2. The van der Waals surface area contributed by atoms with Crippen molar-refractivity contribution < 1.29 is 19.0 Å². The smallest absolute Gasteiger partial charge is 0.318 e. The molecule has 2 saturated heterocycles. The summed E-state index contributed by atoms with van der Waals surface area (Å²) >= 11 is 0. The van der Waals surface area contributed by atoms with Gasteiger partial charge in [-0.15, -0.1) is 0 Å². The molecule has 2 fully saturated rings. The highest BCUT2D eigenvalue weighted by atomic mass is 16.6. The van der Waals surface area contributed by atoms with Crippen LogP contribution in [-0.2, 0) is 4.74 Å². The third-order valence-corrected chi connectivity index (χ3v) is 4.97. The van der Waals surface area contributed by atoms with Crippen molar-refractivity contribution in [2.45, 2.75) is 37.8 Å². The molecule has 0 radical (unpaired) electrons. The van der Waals surface area contributed by atoms with Crippen molar-refractivity contribution >= 4 is 6.03 Å². The summed E-state index contributed by atoms with van der Waals surface area (Å²) in [6.45, 7) is 3.37. The first-order chi connectivity index (χ1) is 11.8. The zero-order valence-electron chi connectivity index (χ0n) is 13.8. The van der Waals surface area contributed by atoms with Gasteiger partial charge in [-0.2, -0.15) is 0 Å². The van der Waals surface area contributed by atoms with E-state index in [0.29, 0.717) is 19.8 Å². The predicted octanol–water partition coefficient (Wildman–Crippen LogP) is 2.48. The van der Waals surface area contributed by atoms with Gasteiger partial charge in [-0.25, -0.2) is 4.79 Å². The number of nitrogens with one attached hydrogen (secondary N) is 1. The molecule has 0 aromatic heterocycles. The highest BCUT2D eigenvalue weighted by molar-refractivity contribution is 5.75. The van der Waals surface area contributed by atoms with Crippen LogP contribution in [0.1, 0.15) is 37.3 Å². The molecular weight excluding hydrogens is 308 g/mol. The summed E-state index contributed by atoms with van der Waals surface area (Å²) in [6.07, 6.45) is 4.29. The largest absolute Gasteiger partial charge is 0.486 e. The lowest BCUT2D eigenvalue weighted by molar-refractivity contribution is 0.108. The zero-order chi connectivity index (χ0) is 16.4. The van der Waals surface area contributed by atoms with Gasteiger partial charge in [-0.1, -0.05) is 6.07 Å². The number of carbonyl (C=O) groups is 1. The minimum atomic E-state index is 0.00268. The Morgan fingerprint density at radius 2 is 2.00 bits per heavy atom. The van der Waals surface area contributed by atoms with E-state index in [9.17, 15) is 4.79 Å². The second-order valence-corrected chi connectivity index (χ2v) is 6.58. The molecule has 0 aliphatic carbocycles. The van der Waals surface area contributed by atoms with Gasteiger partial charge in [0.1, 0.15) is 13.2 Å². The van der Waals surface area contributed by atoms with Crippen molar-refractivity contribution in [3.63, 3.8) is 0 Å². The van der Waals surface area contributed by atoms with Gasteiger partial charge in [0.2, 0.25) is 0 Å². The van der Waals surface area contributed by atoms with E-state index in [4.69, 9.17) is 14.2 Å². The summed E-state index contributed by atoms with van der Waals surface area (Å²) in [4.78, 5) is 14.5.